The first-order chi connectivity index (χ1) is 10.2. The molecule has 0 spiro atoms. The molecule has 0 unspecified atom stereocenters. The maximum atomic E-state index is 11.2. The van der Waals surface area contributed by atoms with E-state index in [0.717, 1.165) is 17.8 Å². The van der Waals surface area contributed by atoms with Gasteiger partial charge in [-0.15, -0.1) is 0 Å². The minimum Gasteiger partial charge on any atom is -0.475 e. The summed E-state index contributed by atoms with van der Waals surface area (Å²) in [6.45, 7) is 0.887. The van der Waals surface area contributed by atoms with Crippen molar-refractivity contribution in [2.24, 2.45) is 11.3 Å². The van der Waals surface area contributed by atoms with E-state index < -0.39 is 5.97 Å². The lowest BCUT2D eigenvalue weighted by molar-refractivity contribution is 0.0684. The lowest BCUT2D eigenvalue weighted by Gasteiger charge is -2.16. The van der Waals surface area contributed by atoms with Crippen molar-refractivity contribution in [2.45, 2.75) is 25.7 Å². The Kier molecular flexibility index (Phi) is 2.64. The van der Waals surface area contributed by atoms with E-state index in [4.69, 9.17) is 5.11 Å². The smallest absolute Gasteiger partial charge is 0.374 e. The third kappa shape index (κ3) is 2.22. The summed E-state index contributed by atoms with van der Waals surface area (Å²) in [7, 11) is 0. The molecule has 2 aliphatic rings. The Morgan fingerprint density at radius 3 is 2.71 bits per heavy atom. The Labute approximate surface area is 122 Å². The minimum atomic E-state index is -1.09. The lowest BCUT2D eigenvalue weighted by atomic mass is 10.0. The third-order valence-electron chi connectivity index (χ3n) is 4.74. The van der Waals surface area contributed by atoms with Crippen LogP contribution in [0.3, 0.4) is 0 Å². The molecule has 2 aromatic rings. The fraction of sp³-hybridized carbons (Fsp3) is 0.438. The fourth-order valence-corrected chi connectivity index (χ4v) is 3.15. The Bertz CT molecular complexity index is 721. The molecule has 2 N–H and O–H groups in total. The Hall–Kier alpha value is -2.17. The highest BCUT2D eigenvalue weighted by Gasteiger charge is 2.53. The number of carbonyl (C=O) groups is 1. The molecular weight excluding hydrogens is 266 g/mol. The van der Waals surface area contributed by atoms with Gasteiger partial charge in [-0.2, -0.15) is 0 Å². The van der Waals surface area contributed by atoms with Gasteiger partial charge in [-0.1, -0.05) is 12.1 Å². The van der Waals surface area contributed by atoms with Gasteiger partial charge in [0.15, 0.2) is 0 Å². The molecule has 21 heavy (non-hydrogen) atoms. The largest absolute Gasteiger partial charge is 0.475 e. The second-order valence-electron chi connectivity index (χ2n) is 6.21. The van der Waals surface area contributed by atoms with Crippen LogP contribution in [0.15, 0.2) is 24.3 Å². The number of aromatic carboxylic acids is 1. The van der Waals surface area contributed by atoms with E-state index in [-0.39, 0.29) is 5.82 Å². The highest BCUT2D eigenvalue weighted by atomic mass is 16.4. The molecule has 2 saturated carbocycles. The summed E-state index contributed by atoms with van der Waals surface area (Å²) in [6.07, 6.45) is 5.23. The van der Waals surface area contributed by atoms with Gasteiger partial charge in [0, 0.05) is 11.9 Å². The minimum absolute atomic E-state index is 0.146. The van der Waals surface area contributed by atoms with Gasteiger partial charge in [-0.3, -0.25) is 0 Å². The fourth-order valence-electron chi connectivity index (χ4n) is 3.15. The maximum absolute atomic E-state index is 11.2. The number of benzene rings is 1. The van der Waals surface area contributed by atoms with Crippen LogP contribution in [0.4, 0.5) is 5.82 Å². The van der Waals surface area contributed by atoms with Crippen molar-refractivity contribution in [1.82, 2.24) is 9.97 Å². The molecule has 1 heterocycles. The third-order valence-corrected chi connectivity index (χ3v) is 4.74. The van der Waals surface area contributed by atoms with Crippen LogP contribution in [0.1, 0.15) is 36.3 Å². The van der Waals surface area contributed by atoms with E-state index in [9.17, 15) is 4.79 Å². The second kappa shape index (κ2) is 4.41. The maximum Gasteiger partial charge on any atom is 0.374 e. The SMILES string of the molecule is O=C(O)c1nc(NCC2(C3CC3)CC2)c2ccccc2n1. The van der Waals surface area contributed by atoms with Crippen molar-refractivity contribution in [3.63, 3.8) is 0 Å². The first-order valence-electron chi connectivity index (χ1n) is 7.42. The molecule has 0 saturated heterocycles. The molecule has 0 atom stereocenters. The number of rotatable bonds is 5. The lowest BCUT2D eigenvalue weighted by Crippen LogP contribution is -2.19. The number of nitrogens with one attached hydrogen (secondary N) is 1. The van der Waals surface area contributed by atoms with E-state index in [0.29, 0.717) is 16.7 Å². The van der Waals surface area contributed by atoms with Crippen LogP contribution in [-0.4, -0.2) is 27.6 Å². The number of carboxylic acids is 1. The average molecular weight is 283 g/mol. The first kappa shape index (κ1) is 12.6. The molecule has 4 rings (SSSR count). The van der Waals surface area contributed by atoms with Crippen LogP contribution >= 0.6 is 0 Å². The van der Waals surface area contributed by atoms with Gasteiger partial charge in [0.2, 0.25) is 5.82 Å². The summed E-state index contributed by atoms with van der Waals surface area (Å²) in [5.74, 6) is 0.265. The van der Waals surface area contributed by atoms with Crippen LogP contribution < -0.4 is 5.32 Å². The monoisotopic (exact) mass is 283 g/mol. The summed E-state index contributed by atoms with van der Waals surface area (Å²) in [6, 6.07) is 7.53. The van der Waals surface area contributed by atoms with E-state index >= 15 is 0 Å². The van der Waals surface area contributed by atoms with Crippen LogP contribution in [0.2, 0.25) is 0 Å². The molecule has 108 valence electrons. The van der Waals surface area contributed by atoms with E-state index in [1.807, 2.05) is 24.3 Å². The molecule has 5 nitrogen and oxygen atoms in total. The summed E-state index contributed by atoms with van der Waals surface area (Å²) in [5.41, 5.74) is 1.11. The zero-order chi connectivity index (χ0) is 14.4. The Morgan fingerprint density at radius 2 is 2.05 bits per heavy atom. The van der Waals surface area contributed by atoms with Gasteiger partial charge < -0.3 is 10.4 Å². The van der Waals surface area contributed by atoms with Gasteiger partial charge in [0.05, 0.1) is 5.52 Å². The zero-order valence-corrected chi connectivity index (χ0v) is 11.7. The molecule has 5 heteroatoms. The molecule has 0 amide bonds. The molecule has 1 aromatic carbocycles. The van der Waals surface area contributed by atoms with Crippen LogP contribution in [0, 0.1) is 11.3 Å². The number of carboxylic acid groups (broad SMARTS) is 1. The predicted molar refractivity (Wildman–Crippen MR) is 79.4 cm³/mol. The number of anilines is 1. The van der Waals surface area contributed by atoms with E-state index in [2.05, 4.69) is 15.3 Å². The van der Waals surface area contributed by atoms with Crippen molar-refractivity contribution in [3.05, 3.63) is 30.1 Å². The Balaban J connectivity index is 1.67. The van der Waals surface area contributed by atoms with Crippen LogP contribution in [0.5, 0.6) is 0 Å². The van der Waals surface area contributed by atoms with Crippen molar-refractivity contribution in [1.29, 1.82) is 0 Å². The van der Waals surface area contributed by atoms with E-state index in [1.165, 1.54) is 25.7 Å². The molecule has 2 fully saturated rings. The highest BCUT2D eigenvalue weighted by molar-refractivity contribution is 5.93. The van der Waals surface area contributed by atoms with Crippen molar-refractivity contribution in [3.8, 4) is 0 Å². The molecule has 1 aromatic heterocycles. The normalized spacial score (nSPS) is 19.4. The topological polar surface area (TPSA) is 75.1 Å². The number of para-hydroxylation sites is 1. The van der Waals surface area contributed by atoms with Gasteiger partial charge in [-0.25, -0.2) is 14.8 Å². The number of aromatic nitrogens is 2. The van der Waals surface area contributed by atoms with E-state index in [1.54, 1.807) is 0 Å². The van der Waals surface area contributed by atoms with Crippen molar-refractivity contribution >= 4 is 22.7 Å². The average Bonchev–Trinajstić information content (AvgIpc) is 3.37. The highest BCUT2D eigenvalue weighted by Crippen LogP contribution is 2.61. The predicted octanol–water partition coefficient (Wildman–Crippen LogP) is 2.93. The summed E-state index contributed by atoms with van der Waals surface area (Å²) in [4.78, 5) is 19.5. The van der Waals surface area contributed by atoms with Gasteiger partial charge in [0.25, 0.3) is 0 Å². The molecule has 0 radical (unpaired) electrons. The number of fused-ring (bicyclic) bond motifs is 1. The van der Waals surface area contributed by atoms with Crippen LogP contribution in [0.25, 0.3) is 10.9 Å². The number of hydrogen-bond acceptors (Lipinski definition) is 4. The molecular formula is C16H17N3O2. The van der Waals surface area contributed by atoms with Crippen molar-refractivity contribution < 1.29 is 9.90 Å². The van der Waals surface area contributed by atoms with Crippen LogP contribution in [-0.2, 0) is 0 Å². The summed E-state index contributed by atoms with van der Waals surface area (Å²) in [5, 5.41) is 13.4. The second-order valence-corrected chi connectivity index (χ2v) is 6.21. The molecule has 2 aliphatic carbocycles. The summed E-state index contributed by atoms with van der Waals surface area (Å²) >= 11 is 0. The van der Waals surface area contributed by atoms with Gasteiger partial charge in [-0.05, 0) is 49.1 Å². The van der Waals surface area contributed by atoms with Gasteiger partial charge >= 0.3 is 5.97 Å². The van der Waals surface area contributed by atoms with Crippen molar-refractivity contribution in [2.75, 3.05) is 11.9 Å². The quantitative estimate of drug-likeness (QED) is 0.882. The first-order valence-corrected chi connectivity index (χ1v) is 7.42. The number of hydrogen-bond donors (Lipinski definition) is 2. The van der Waals surface area contributed by atoms with Gasteiger partial charge in [0.1, 0.15) is 5.82 Å². The number of nitrogens with zero attached hydrogens (tertiary/aromatic N) is 2. The summed E-state index contributed by atoms with van der Waals surface area (Å²) < 4.78 is 0. The Morgan fingerprint density at radius 1 is 1.29 bits per heavy atom. The molecule has 0 aliphatic heterocycles. The zero-order valence-electron chi connectivity index (χ0n) is 11.7. The molecule has 0 bridgehead atoms. The standard InChI is InChI=1S/C16H17N3O2/c20-15(21)14-18-12-4-2-1-3-11(12)13(19-14)17-9-16(7-8-16)10-5-6-10/h1-4,10H,5-9H2,(H,20,21)(H,17,18,19).